The minimum absolute atomic E-state index is 0.296. The van der Waals surface area contributed by atoms with E-state index in [1.807, 2.05) is 51.1 Å². The van der Waals surface area contributed by atoms with Crippen molar-refractivity contribution in [3.63, 3.8) is 0 Å². The summed E-state index contributed by atoms with van der Waals surface area (Å²) < 4.78 is 5.27. The highest BCUT2D eigenvalue weighted by molar-refractivity contribution is 6.10. The van der Waals surface area contributed by atoms with Crippen molar-refractivity contribution in [2.75, 3.05) is 12.0 Å². The van der Waals surface area contributed by atoms with E-state index in [1.165, 1.54) is 4.90 Å². The van der Waals surface area contributed by atoms with Crippen LogP contribution in [0, 0.1) is 6.57 Å². The van der Waals surface area contributed by atoms with Gasteiger partial charge in [0.1, 0.15) is 11.8 Å². The van der Waals surface area contributed by atoms with Crippen LogP contribution in [0.3, 0.4) is 0 Å². The van der Waals surface area contributed by atoms with Crippen molar-refractivity contribution in [2.24, 2.45) is 0 Å². The fourth-order valence-corrected chi connectivity index (χ4v) is 3.44. The van der Waals surface area contributed by atoms with Crippen LogP contribution in [0.1, 0.15) is 42.7 Å². The van der Waals surface area contributed by atoms with Crippen LogP contribution < -0.4 is 15.0 Å². The average Bonchev–Trinajstić information content (AvgIpc) is 2.81. The minimum atomic E-state index is -0.910. The van der Waals surface area contributed by atoms with Gasteiger partial charge in [0, 0.05) is 16.8 Å². The molecule has 1 N–H and O–H groups in total. The molecule has 6 heteroatoms. The lowest BCUT2D eigenvalue weighted by atomic mass is 9.99. The van der Waals surface area contributed by atoms with Gasteiger partial charge in [0.15, 0.2) is 5.69 Å². The molecule has 0 bridgehead atoms. The molecule has 0 aromatic heterocycles. The van der Waals surface area contributed by atoms with Gasteiger partial charge in [-0.1, -0.05) is 54.6 Å². The van der Waals surface area contributed by atoms with E-state index in [4.69, 9.17) is 11.3 Å². The fourth-order valence-electron chi connectivity index (χ4n) is 3.44. The number of amides is 2. The molecule has 0 spiro atoms. The number of rotatable bonds is 6. The Balaban J connectivity index is 2.17. The number of anilines is 1. The quantitative estimate of drug-likeness (QED) is 0.510. The number of nitrogens with zero attached hydrogens (tertiary/aromatic N) is 2. The molecule has 33 heavy (non-hydrogen) atoms. The Morgan fingerprint density at radius 1 is 0.939 bits per heavy atom. The summed E-state index contributed by atoms with van der Waals surface area (Å²) in [6.07, 6.45) is 0. The van der Waals surface area contributed by atoms with Gasteiger partial charge >= 0.3 is 0 Å². The first kappa shape index (κ1) is 23.6. The molecular formula is C27H27N3O3. The number of carbonyl (C=O) groups excluding carboxylic acids is 2. The molecule has 0 aliphatic carbocycles. The second-order valence-corrected chi connectivity index (χ2v) is 8.58. The molecule has 3 rings (SSSR count). The molecule has 2 amide bonds. The van der Waals surface area contributed by atoms with Crippen LogP contribution in [0.4, 0.5) is 11.4 Å². The van der Waals surface area contributed by atoms with Crippen LogP contribution >= 0.6 is 0 Å². The van der Waals surface area contributed by atoms with Crippen LogP contribution in [0.25, 0.3) is 4.85 Å². The van der Waals surface area contributed by atoms with Crippen molar-refractivity contribution in [3.05, 3.63) is 101 Å². The van der Waals surface area contributed by atoms with E-state index in [0.29, 0.717) is 28.3 Å². The summed E-state index contributed by atoms with van der Waals surface area (Å²) in [4.78, 5) is 32.3. The van der Waals surface area contributed by atoms with E-state index >= 15 is 0 Å². The van der Waals surface area contributed by atoms with E-state index in [2.05, 4.69) is 10.2 Å². The van der Waals surface area contributed by atoms with E-state index in [9.17, 15) is 9.59 Å². The summed E-state index contributed by atoms with van der Waals surface area (Å²) in [7, 11) is 1.57. The Morgan fingerprint density at radius 2 is 1.55 bits per heavy atom. The van der Waals surface area contributed by atoms with Crippen molar-refractivity contribution >= 4 is 23.2 Å². The zero-order valence-electron chi connectivity index (χ0n) is 19.2. The highest BCUT2D eigenvalue weighted by Crippen LogP contribution is 2.32. The fraction of sp³-hybridized carbons (Fsp3) is 0.222. The standard InChI is InChI=1S/C27H27N3O3/c1-27(2,3)29-25(31)24(19-9-7-6-8-10-19)30(22-15-17-23(33-5)18-16-22)26(32)20-11-13-21(28-4)14-12-20/h6-18,24H,1-3,5H3,(H,29,31). The summed E-state index contributed by atoms with van der Waals surface area (Å²) in [6.45, 7) is 12.9. The predicted octanol–water partition coefficient (Wildman–Crippen LogP) is 5.55. The predicted molar refractivity (Wildman–Crippen MR) is 130 cm³/mol. The molecule has 0 radical (unpaired) electrons. The van der Waals surface area contributed by atoms with Crippen LogP contribution in [0.5, 0.6) is 5.75 Å². The molecule has 6 nitrogen and oxygen atoms in total. The van der Waals surface area contributed by atoms with Gasteiger partial charge in [-0.25, -0.2) is 4.85 Å². The number of benzene rings is 3. The molecule has 1 unspecified atom stereocenters. The summed E-state index contributed by atoms with van der Waals surface area (Å²) in [5.74, 6) is -0.00628. The maximum Gasteiger partial charge on any atom is 0.259 e. The highest BCUT2D eigenvalue weighted by atomic mass is 16.5. The van der Waals surface area contributed by atoms with Crippen molar-refractivity contribution in [2.45, 2.75) is 32.4 Å². The zero-order valence-corrected chi connectivity index (χ0v) is 19.2. The largest absolute Gasteiger partial charge is 0.497 e. The van der Waals surface area contributed by atoms with Gasteiger partial charge < -0.3 is 10.1 Å². The first-order valence-corrected chi connectivity index (χ1v) is 10.6. The number of nitrogens with one attached hydrogen (secondary N) is 1. The second-order valence-electron chi connectivity index (χ2n) is 8.58. The molecular weight excluding hydrogens is 414 g/mol. The number of carbonyl (C=O) groups is 2. The first-order valence-electron chi connectivity index (χ1n) is 10.6. The molecule has 0 aliphatic rings. The molecule has 168 valence electrons. The van der Waals surface area contributed by atoms with Crippen LogP contribution in [0.2, 0.25) is 0 Å². The number of hydrogen-bond donors (Lipinski definition) is 1. The Labute approximate surface area is 194 Å². The normalized spacial score (nSPS) is 11.7. The molecule has 0 saturated carbocycles. The molecule has 3 aromatic carbocycles. The second kappa shape index (κ2) is 10.0. The molecule has 0 heterocycles. The van der Waals surface area contributed by atoms with Crippen molar-refractivity contribution in [3.8, 4) is 5.75 Å². The van der Waals surface area contributed by atoms with Crippen molar-refractivity contribution in [1.82, 2.24) is 5.32 Å². The van der Waals surface area contributed by atoms with Gasteiger partial charge in [-0.2, -0.15) is 0 Å². The highest BCUT2D eigenvalue weighted by Gasteiger charge is 2.34. The molecule has 1 atom stereocenters. The monoisotopic (exact) mass is 441 g/mol. The Hall–Kier alpha value is -4.11. The summed E-state index contributed by atoms with van der Waals surface area (Å²) in [5.41, 5.74) is 1.56. The van der Waals surface area contributed by atoms with E-state index in [1.54, 1.807) is 55.6 Å². The van der Waals surface area contributed by atoms with E-state index in [0.717, 1.165) is 0 Å². The van der Waals surface area contributed by atoms with Crippen LogP contribution in [-0.2, 0) is 4.79 Å². The Kier molecular flexibility index (Phi) is 7.14. The van der Waals surface area contributed by atoms with Crippen molar-refractivity contribution in [1.29, 1.82) is 0 Å². The zero-order chi connectivity index (χ0) is 24.0. The molecule has 0 fully saturated rings. The van der Waals surface area contributed by atoms with Gasteiger partial charge in [0.25, 0.3) is 5.91 Å². The maximum absolute atomic E-state index is 13.8. The number of methoxy groups -OCH3 is 1. The summed E-state index contributed by atoms with van der Waals surface area (Å²) in [6, 6.07) is 21.7. The van der Waals surface area contributed by atoms with E-state index < -0.39 is 11.6 Å². The Morgan fingerprint density at radius 3 is 2.06 bits per heavy atom. The van der Waals surface area contributed by atoms with Gasteiger partial charge in [-0.15, -0.1) is 0 Å². The van der Waals surface area contributed by atoms with Gasteiger partial charge in [0.2, 0.25) is 5.91 Å². The van der Waals surface area contributed by atoms with Crippen molar-refractivity contribution < 1.29 is 14.3 Å². The van der Waals surface area contributed by atoms with Gasteiger partial charge in [0.05, 0.1) is 13.7 Å². The molecule has 0 aliphatic heterocycles. The molecule has 3 aromatic rings. The SMILES string of the molecule is [C-]#[N+]c1ccc(C(=O)N(c2ccc(OC)cc2)C(C(=O)NC(C)(C)C)c2ccccc2)cc1. The van der Waals surface area contributed by atoms with Crippen LogP contribution in [-0.4, -0.2) is 24.5 Å². The number of hydrogen-bond acceptors (Lipinski definition) is 3. The smallest absolute Gasteiger partial charge is 0.259 e. The number of ether oxygens (including phenoxy) is 1. The molecule has 0 saturated heterocycles. The average molecular weight is 442 g/mol. The van der Waals surface area contributed by atoms with E-state index in [-0.39, 0.29) is 11.8 Å². The first-order chi connectivity index (χ1) is 15.7. The Bertz CT molecular complexity index is 1140. The van der Waals surface area contributed by atoms with Gasteiger partial charge in [-0.05, 0) is 50.6 Å². The maximum atomic E-state index is 13.8. The third-order valence-electron chi connectivity index (χ3n) is 4.93. The van der Waals surface area contributed by atoms with Gasteiger partial charge in [-0.3, -0.25) is 14.5 Å². The lowest BCUT2D eigenvalue weighted by molar-refractivity contribution is -0.123. The summed E-state index contributed by atoms with van der Waals surface area (Å²) >= 11 is 0. The van der Waals surface area contributed by atoms with Crippen LogP contribution in [0.15, 0.2) is 78.9 Å². The lowest BCUT2D eigenvalue weighted by Gasteiger charge is -2.34. The summed E-state index contributed by atoms with van der Waals surface area (Å²) in [5, 5.41) is 3.02. The minimum Gasteiger partial charge on any atom is -0.497 e. The topological polar surface area (TPSA) is 63.0 Å². The lowest BCUT2D eigenvalue weighted by Crippen LogP contribution is -2.49. The third-order valence-corrected chi connectivity index (χ3v) is 4.93. The third kappa shape index (κ3) is 5.78.